The minimum absolute atomic E-state index is 0.959. The van der Waals surface area contributed by atoms with Crippen molar-refractivity contribution in [3.05, 3.63) is 224 Å². The number of benzene rings is 9. The second-order valence-corrected chi connectivity index (χ2v) is 14.8. The van der Waals surface area contributed by atoms with Gasteiger partial charge in [-0.1, -0.05) is 164 Å². The molecule has 272 valence electrons. The summed E-state index contributed by atoms with van der Waals surface area (Å²) in [6.07, 6.45) is 0. The molecule has 0 saturated heterocycles. The first-order valence-corrected chi connectivity index (χ1v) is 19.8. The molecule has 0 aliphatic carbocycles. The van der Waals surface area contributed by atoms with E-state index in [2.05, 4.69) is 234 Å². The van der Waals surface area contributed by atoms with E-state index >= 15 is 0 Å². The maximum absolute atomic E-state index is 5.45. The zero-order valence-corrected chi connectivity index (χ0v) is 31.7. The Hall–Kier alpha value is -7.75. The number of aromatic nitrogens is 2. The van der Waals surface area contributed by atoms with Crippen LogP contribution >= 0.6 is 0 Å². The van der Waals surface area contributed by atoms with E-state index in [1.807, 2.05) is 0 Å². The molecule has 11 aromatic rings. The van der Waals surface area contributed by atoms with Crippen LogP contribution in [0.2, 0.25) is 0 Å². The van der Waals surface area contributed by atoms with E-state index in [-0.39, 0.29) is 0 Å². The molecular weight excluding hydrogens is 703 g/mol. The molecule has 0 bridgehead atoms. The van der Waals surface area contributed by atoms with Crippen LogP contribution in [0.25, 0.3) is 82.7 Å². The Kier molecular flexibility index (Phi) is 8.15. The molecule has 0 aliphatic rings. The molecule has 0 amide bonds. The van der Waals surface area contributed by atoms with E-state index < -0.39 is 0 Å². The minimum atomic E-state index is 0.959. The number of rotatable bonds is 7. The molecule has 3 heteroatoms. The average molecular weight is 740 g/mol. The molecule has 0 unspecified atom stereocenters. The van der Waals surface area contributed by atoms with Gasteiger partial charge in [0.05, 0.1) is 22.2 Å². The van der Waals surface area contributed by atoms with Gasteiger partial charge in [0.1, 0.15) is 0 Å². The summed E-state index contributed by atoms with van der Waals surface area (Å²) < 4.78 is 2.43. The predicted octanol–water partition coefficient (Wildman–Crippen LogP) is 15.0. The van der Waals surface area contributed by atoms with Gasteiger partial charge in [0.2, 0.25) is 0 Å². The highest BCUT2D eigenvalue weighted by Crippen LogP contribution is 2.44. The molecule has 3 nitrogen and oxygen atoms in total. The third kappa shape index (κ3) is 5.72. The molecule has 0 N–H and O–H groups in total. The summed E-state index contributed by atoms with van der Waals surface area (Å²) in [5, 5.41) is 5.93. The number of para-hydroxylation sites is 3. The summed E-state index contributed by atoms with van der Waals surface area (Å²) in [5.74, 6) is 0. The number of hydrogen-bond acceptors (Lipinski definition) is 2. The van der Waals surface area contributed by atoms with Crippen LogP contribution in [0.3, 0.4) is 0 Å². The second-order valence-electron chi connectivity index (χ2n) is 14.8. The lowest BCUT2D eigenvalue weighted by atomic mass is 9.97. The fraction of sp³-hybridized carbons (Fsp3) is 0. The summed E-state index contributed by atoms with van der Waals surface area (Å²) in [6, 6.07) is 80.4. The molecule has 0 aliphatic heterocycles. The van der Waals surface area contributed by atoms with Gasteiger partial charge in [-0.2, -0.15) is 0 Å². The SMILES string of the molecule is c1ccc(-c2ccc(N(c3ccc(-c4ccccc4)cc3)c3cccc(-c4nc5ccccc5c5c4ccc4c6ccccc6n(-c6ccccc6)c45)c3)cc2)cc1. The van der Waals surface area contributed by atoms with E-state index in [4.69, 9.17) is 4.98 Å². The molecule has 0 fully saturated rings. The topological polar surface area (TPSA) is 21.1 Å². The van der Waals surface area contributed by atoms with Gasteiger partial charge in [-0.25, -0.2) is 4.98 Å². The number of pyridine rings is 1. The van der Waals surface area contributed by atoms with Gasteiger partial charge < -0.3 is 9.47 Å². The Morgan fingerprint density at radius 2 is 0.862 bits per heavy atom. The summed E-state index contributed by atoms with van der Waals surface area (Å²) in [7, 11) is 0. The Labute approximate surface area is 337 Å². The quantitative estimate of drug-likeness (QED) is 0.152. The maximum atomic E-state index is 5.45. The van der Waals surface area contributed by atoms with Crippen LogP contribution in [-0.4, -0.2) is 9.55 Å². The molecule has 0 saturated carbocycles. The van der Waals surface area contributed by atoms with Crippen LogP contribution in [-0.2, 0) is 0 Å². The van der Waals surface area contributed by atoms with Crippen molar-refractivity contribution in [2.24, 2.45) is 0 Å². The molecule has 0 atom stereocenters. The zero-order chi connectivity index (χ0) is 38.4. The van der Waals surface area contributed by atoms with Gasteiger partial charge >= 0.3 is 0 Å². The van der Waals surface area contributed by atoms with Gasteiger partial charge in [0.15, 0.2) is 0 Å². The highest BCUT2D eigenvalue weighted by molar-refractivity contribution is 6.27. The summed E-state index contributed by atoms with van der Waals surface area (Å²) in [4.78, 5) is 7.79. The Morgan fingerprint density at radius 3 is 1.52 bits per heavy atom. The Balaban J connectivity index is 1.12. The normalized spacial score (nSPS) is 11.4. The summed E-state index contributed by atoms with van der Waals surface area (Å²) in [6.45, 7) is 0. The molecule has 2 aromatic heterocycles. The zero-order valence-electron chi connectivity index (χ0n) is 31.7. The van der Waals surface area contributed by atoms with Gasteiger partial charge in [-0.05, 0) is 82.9 Å². The van der Waals surface area contributed by atoms with Crippen molar-refractivity contribution in [2.75, 3.05) is 4.90 Å². The second kappa shape index (κ2) is 14.1. The van der Waals surface area contributed by atoms with Crippen molar-refractivity contribution in [2.45, 2.75) is 0 Å². The largest absolute Gasteiger partial charge is 0.310 e. The number of nitrogens with zero attached hydrogens (tertiary/aromatic N) is 3. The van der Waals surface area contributed by atoms with Gasteiger partial charge in [-0.3, -0.25) is 0 Å². The molecular formula is C55H37N3. The van der Waals surface area contributed by atoms with Crippen molar-refractivity contribution in [3.8, 4) is 39.2 Å². The molecule has 9 aromatic carbocycles. The molecule has 11 rings (SSSR count). The van der Waals surface area contributed by atoms with Crippen molar-refractivity contribution in [1.29, 1.82) is 0 Å². The first-order chi connectivity index (χ1) is 28.8. The molecule has 58 heavy (non-hydrogen) atoms. The monoisotopic (exact) mass is 739 g/mol. The first kappa shape index (κ1) is 33.6. The van der Waals surface area contributed by atoms with Crippen molar-refractivity contribution < 1.29 is 0 Å². The standard InChI is InChI=1S/C55H37N3/c1-4-15-38(16-5-1)40-27-31-44(32-28-40)57(45-33-29-41(30-34-45)39-17-6-2-7-18-39)46-22-14-19-42(37-46)54-50-36-35-48-47-23-11-13-26-52(47)58(43-20-8-3-9-21-43)55(48)53(50)49-24-10-12-25-51(49)56-54/h1-37H. The van der Waals surface area contributed by atoms with Crippen LogP contribution in [0.5, 0.6) is 0 Å². The fourth-order valence-corrected chi connectivity index (χ4v) is 8.66. The third-order valence-electron chi connectivity index (χ3n) is 11.4. The highest BCUT2D eigenvalue weighted by atomic mass is 15.1. The number of anilines is 3. The van der Waals surface area contributed by atoms with Crippen molar-refractivity contribution >= 4 is 60.5 Å². The van der Waals surface area contributed by atoms with Crippen LogP contribution in [0.4, 0.5) is 17.1 Å². The minimum Gasteiger partial charge on any atom is -0.310 e. The Morgan fingerprint density at radius 1 is 0.345 bits per heavy atom. The Bertz CT molecular complexity index is 3160. The van der Waals surface area contributed by atoms with Crippen LogP contribution < -0.4 is 4.90 Å². The number of hydrogen-bond donors (Lipinski definition) is 0. The smallest absolute Gasteiger partial charge is 0.0789 e. The maximum Gasteiger partial charge on any atom is 0.0789 e. The molecule has 2 heterocycles. The fourth-order valence-electron chi connectivity index (χ4n) is 8.66. The highest BCUT2D eigenvalue weighted by Gasteiger charge is 2.21. The van der Waals surface area contributed by atoms with E-state index in [9.17, 15) is 0 Å². The summed E-state index contributed by atoms with van der Waals surface area (Å²) in [5.41, 5.74) is 14.5. The lowest BCUT2D eigenvalue weighted by Crippen LogP contribution is -2.10. The van der Waals surface area contributed by atoms with Crippen LogP contribution in [0.15, 0.2) is 224 Å². The van der Waals surface area contributed by atoms with Gasteiger partial charge in [0.25, 0.3) is 0 Å². The van der Waals surface area contributed by atoms with Crippen LogP contribution in [0.1, 0.15) is 0 Å². The lowest BCUT2D eigenvalue weighted by molar-refractivity contribution is 1.19. The van der Waals surface area contributed by atoms with Crippen molar-refractivity contribution in [3.63, 3.8) is 0 Å². The van der Waals surface area contributed by atoms with Crippen molar-refractivity contribution in [1.82, 2.24) is 9.55 Å². The molecule has 0 spiro atoms. The van der Waals surface area contributed by atoms with Crippen LogP contribution in [0, 0.1) is 0 Å². The predicted molar refractivity (Wildman–Crippen MR) is 245 cm³/mol. The van der Waals surface area contributed by atoms with E-state index in [1.165, 1.54) is 49.4 Å². The van der Waals surface area contributed by atoms with E-state index in [0.29, 0.717) is 0 Å². The van der Waals surface area contributed by atoms with E-state index in [1.54, 1.807) is 0 Å². The first-order valence-electron chi connectivity index (χ1n) is 19.8. The van der Waals surface area contributed by atoms with Gasteiger partial charge in [-0.15, -0.1) is 0 Å². The van der Waals surface area contributed by atoms with E-state index in [0.717, 1.165) is 50.3 Å². The average Bonchev–Trinajstić information content (AvgIpc) is 3.65. The third-order valence-corrected chi connectivity index (χ3v) is 11.4. The molecule has 0 radical (unpaired) electrons. The lowest BCUT2D eigenvalue weighted by Gasteiger charge is -2.26. The van der Waals surface area contributed by atoms with Gasteiger partial charge in [0, 0.05) is 55.2 Å². The summed E-state index contributed by atoms with van der Waals surface area (Å²) >= 11 is 0. The number of fused-ring (bicyclic) bond motifs is 7.